The number of nitrogens with zero attached hydrogens (tertiary/aromatic N) is 2. The topological polar surface area (TPSA) is 39.1 Å². The Morgan fingerprint density at radius 1 is 1.91 bits per heavy atom. The Kier molecular flexibility index (Phi) is 2.83. The first-order chi connectivity index (χ1) is 5.36. The average molecular weight is 153 g/mol. The van der Waals surface area contributed by atoms with Gasteiger partial charge in [-0.2, -0.15) is 10.6 Å². The van der Waals surface area contributed by atoms with E-state index in [1.54, 1.807) is 24.2 Å². The summed E-state index contributed by atoms with van der Waals surface area (Å²) in [5.41, 5.74) is 3.78. The average Bonchev–Trinajstić information content (AvgIpc) is 2.48. The second kappa shape index (κ2) is 3.90. The van der Waals surface area contributed by atoms with E-state index in [1.165, 1.54) is 0 Å². The largest absolute Gasteiger partial charge is 0.305 e. The van der Waals surface area contributed by atoms with Crippen LogP contribution < -0.4 is 5.48 Å². The Morgan fingerprint density at radius 3 is 3.27 bits per heavy atom. The van der Waals surface area contributed by atoms with Crippen LogP contribution in [-0.2, 0) is 11.4 Å². The van der Waals surface area contributed by atoms with Crippen molar-refractivity contribution in [3.8, 4) is 0 Å². The Labute approximate surface area is 65.4 Å². The summed E-state index contributed by atoms with van der Waals surface area (Å²) in [7, 11) is 1.58. The summed E-state index contributed by atoms with van der Waals surface area (Å²) in [6.07, 6.45) is 5.27. The Hall–Kier alpha value is -1.13. The summed E-state index contributed by atoms with van der Waals surface area (Å²) < 4.78 is 1.65. The molecule has 0 spiro atoms. The van der Waals surface area contributed by atoms with E-state index in [0.717, 1.165) is 5.56 Å². The van der Waals surface area contributed by atoms with Gasteiger partial charge in [0, 0.05) is 24.5 Å². The van der Waals surface area contributed by atoms with Crippen molar-refractivity contribution in [3.63, 3.8) is 0 Å². The fraction of sp³-hybridized carbons (Fsp3) is 0.286. The molecular formula is C7H11N3O. The molecule has 0 saturated heterocycles. The maximum absolute atomic E-state index is 4.68. The lowest BCUT2D eigenvalue weighted by Gasteiger charge is -1.95. The first kappa shape index (κ1) is 7.97. The number of hydrogen-bond donors (Lipinski definition) is 1. The lowest BCUT2D eigenvalue weighted by atomic mass is 10.4. The predicted octanol–water partition coefficient (Wildman–Crippen LogP) is 0.635. The first-order valence-corrected chi connectivity index (χ1v) is 3.28. The first-order valence-electron chi connectivity index (χ1n) is 3.28. The number of nitrogens with one attached hydrogen (secondary N) is 1. The lowest BCUT2D eigenvalue weighted by Crippen LogP contribution is -2.09. The van der Waals surface area contributed by atoms with E-state index in [9.17, 15) is 0 Å². The van der Waals surface area contributed by atoms with Gasteiger partial charge in [-0.1, -0.05) is 6.58 Å². The third-order valence-corrected chi connectivity index (χ3v) is 1.26. The summed E-state index contributed by atoms with van der Waals surface area (Å²) in [4.78, 5) is 4.68. The molecule has 4 nitrogen and oxygen atoms in total. The lowest BCUT2D eigenvalue weighted by molar-refractivity contribution is 0.0867. The zero-order chi connectivity index (χ0) is 8.10. The summed E-state index contributed by atoms with van der Waals surface area (Å²) >= 11 is 0. The molecule has 0 fully saturated rings. The molecule has 0 aromatic carbocycles. The highest BCUT2D eigenvalue weighted by atomic mass is 16.6. The van der Waals surface area contributed by atoms with Gasteiger partial charge in [0.05, 0.1) is 13.3 Å². The van der Waals surface area contributed by atoms with Gasteiger partial charge in [0.1, 0.15) is 0 Å². The summed E-state index contributed by atoms with van der Waals surface area (Å²) in [6.45, 7) is 4.23. The van der Waals surface area contributed by atoms with Gasteiger partial charge >= 0.3 is 0 Å². The van der Waals surface area contributed by atoms with Crippen LogP contribution in [0.4, 0.5) is 0 Å². The molecule has 0 amide bonds. The van der Waals surface area contributed by atoms with Gasteiger partial charge in [-0.15, -0.1) is 0 Å². The SMILES string of the molecule is C=Cn1cc(CNOC)cn1. The summed E-state index contributed by atoms with van der Waals surface area (Å²) in [6, 6.07) is 0. The van der Waals surface area contributed by atoms with E-state index in [-0.39, 0.29) is 0 Å². The van der Waals surface area contributed by atoms with Crippen LogP contribution in [0.25, 0.3) is 6.20 Å². The Bertz CT molecular complexity index is 231. The van der Waals surface area contributed by atoms with Crippen LogP contribution in [0.5, 0.6) is 0 Å². The van der Waals surface area contributed by atoms with Gasteiger partial charge in [-0.3, -0.25) is 0 Å². The molecule has 0 aliphatic heterocycles. The highest BCUT2D eigenvalue weighted by Crippen LogP contribution is 1.96. The molecule has 0 radical (unpaired) electrons. The van der Waals surface area contributed by atoms with Crippen LogP contribution in [0, 0.1) is 0 Å². The van der Waals surface area contributed by atoms with Gasteiger partial charge in [-0.25, -0.2) is 4.68 Å². The normalized spacial score (nSPS) is 9.91. The van der Waals surface area contributed by atoms with Crippen molar-refractivity contribution in [2.75, 3.05) is 7.11 Å². The minimum absolute atomic E-state index is 0.657. The molecule has 0 aliphatic rings. The third-order valence-electron chi connectivity index (χ3n) is 1.26. The van der Waals surface area contributed by atoms with Gasteiger partial charge in [0.15, 0.2) is 0 Å². The zero-order valence-electron chi connectivity index (χ0n) is 6.45. The molecular weight excluding hydrogens is 142 g/mol. The number of rotatable bonds is 4. The van der Waals surface area contributed by atoms with Crippen LogP contribution in [-0.4, -0.2) is 16.9 Å². The molecule has 1 aromatic heterocycles. The van der Waals surface area contributed by atoms with Crippen molar-refractivity contribution >= 4 is 6.20 Å². The molecule has 0 bridgehead atoms. The molecule has 1 N–H and O–H groups in total. The van der Waals surface area contributed by atoms with Gasteiger partial charge in [0.25, 0.3) is 0 Å². The zero-order valence-corrected chi connectivity index (χ0v) is 6.45. The van der Waals surface area contributed by atoms with E-state index >= 15 is 0 Å². The van der Waals surface area contributed by atoms with Crippen LogP contribution >= 0.6 is 0 Å². The molecule has 0 unspecified atom stereocenters. The molecule has 1 rings (SSSR count). The number of aromatic nitrogens is 2. The van der Waals surface area contributed by atoms with E-state index < -0.39 is 0 Å². The van der Waals surface area contributed by atoms with Crippen molar-refractivity contribution in [3.05, 3.63) is 24.5 Å². The van der Waals surface area contributed by atoms with Crippen molar-refractivity contribution < 1.29 is 4.84 Å². The number of hydrogen-bond acceptors (Lipinski definition) is 3. The summed E-state index contributed by atoms with van der Waals surface area (Å²) in [5, 5.41) is 3.99. The Morgan fingerprint density at radius 2 is 2.73 bits per heavy atom. The van der Waals surface area contributed by atoms with E-state index in [4.69, 9.17) is 0 Å². The Balaban J connectivity index is 2.51. The van der Waals surface area contributed by atoms with Crippen molar-refractivity contribution in [2.24, 2.45) is 0 Å². The van der Waals surface area contributed by atoms with Crippen LogP contribution in [0.1, 0.15) is 5.56 Å². The maximum Gasteiger partial charge on any atom is 0.0572 e. The molecule has 0 atom stereocenters. The fourth-order valence-electron chi connectivity index (χ4n) is 0.724. The fourth-order valence-corrected chi connectivity index (χ4v) is 0.724. The van der Waals surface area contributed by atoms with Crippen molar-refractivity contribution in [2.45, 2.75) is 6.54 Å². The molecule has 0 saturated carbocycles. The minimum Gasteiger partial charge on any atom is -0.305 e. The molecule has 60 valence electrons. The highest BCUT2D eigenvalue weighted by molar-refractivity contribution is 5.17. The molecule has 11 heavy (non-hydrogen) atoms. The molecule has 1 heterocycles. The molecule has 1 aromatic rings. The van der Waals surface area contributed by atoms with Crippen LogP contribution in [0.2, 0.25) is 0 Å². The molecule has 4 heteroatoms. The van der Waals surface area contributed by atoms with E-state index in [1.807, 2.05) is 6.20 Å². The van der Waals surface area contributed by atoms with E-state index in [0.29, 0.717) is 6.54 Å². The number of hydroxylamine groups is 1. The van der Waals surface area contributed by atoms with E-state index in [2.05, 4.69) is 22.0 Å². The second-order valence-electron chi connectivity index (χ2n) is 2.04. The minimum atomic E-state index is 0.657. The maximum atomic E-state index is 4.68. The predicted molar refractivity (Wildman–Crippen MR) is 42.5 cm³/mol. The monoisotopic (exact) mass is 153 g/mol. The quantitative estimate of drug-likeness (QED) is 0.645. The van der Waals surface area contributed by atoms with Crippen molar-refractivity contribution in [1.82, 2.24) is 15.3 Å². The van der Waals surface area contributed by atoms with Crippen molar-refractivity contribution in [1.29, 1.82) is 0 Å². The summed E-state index contributed by atoms with van der Waals surface area (Å²) in [5.74, 6) is 0. The van der Waals surface area contributed by atoms with Crippen LogP contribution in [0.3, 0.4) is 0 Å². The third kappa shape index (κ3) is 2.18. The van der Waals surface area contributed by atoms with Gasteiger partial charge < -0.3 is 4.84 Å². The highest BCUT2D eigenvalue weighted by Gasteiger charge is 1.93. The van der Waals surface area contributed by atoms with Gasteiger partial charge in [-0.05, 0) is 0 Å². The van der Waals surface area contributed by atoms with Gasteiger partial charge in [0.2, 0.25) is 0 Å². The smallest absolute Gasteiger partial charge is 0.0572 e. The van der Waals surface area contributed by atoms with Crippen LogP contribution in [0.15, 0.2) is 19.0 Å². The molecule has 0 aliphatic carbocycles. The second-order valence-corrected chi connectivity index (χ2v) is 2.04. The standard InChI is InChI=1S/C7H11N3O/c1-3-10-6-7(4-8-10)5-9-11-2/h3-4,6,9H,1,5H2,2H3.